The molecule has 0 aliphatic carbocycles. The van der Waals surface area contributed by atoms with Gasteiger partial charge in [-0.3, -0.25) is 9.59 Å². The van der Waals surface area contributed by atoms with E-state index >= 15 is 0 Å². The summed E-state index contributed by atoms with van der Waals surface area (Å²) in [6.45, 7) is 1.40. The molecule has 0 heterocycles. The van der Waals surface area contributed by atoms with Crippen LogP contribution in [0.2, 0.25) is 0 Å². The van der Waals surface area contributed by atoms with Gasteiger partial charge in [-0.05, 0) is 24.1 Å². The Morgan fingerprint density at radius 1 is 1.50 bits per heavy atom. The normalized spacial score (nSPS) is 12.2. The fourth-order valence-electron chi connectivity index (χ4n) is 1.29. The summed E-state index contributed by atoms with van der Waals surface area (Å²) >= 11 is 9.14. The summed E-state index contributed by atoms with van der Waals surface area (Å²) in [7, 11) is 0. The summed E-state index contributed by atoms with van der Waals surface area (Å²) in [6, 6.07) is 5.04. The van der Waals surface area contributed by atoms with E-state index in [-0.39, 0.29) is 12.2 Å². The highest BCUT2D eigenvalue weighted by Gasteiger charge is 2.15. The molecule has 0 fully saturated rings. The summed E-state index contributed by atoms with van der Waals surface area (Å²) in [5, 5.41) is 7.99. The van der Waals surface area contributed by atoms with Gasteiger partial charge >= 0.3 is 5.97 Å². The lowest BCUT2D eigenvalue weighted by Crippen LogP contribution is -2.05. The maximum Gasteiger partial charge on any atom is 0.307 e. The molecule has 1 aromatic carbocycles. The van der Waals surface area contributed by atoms with Crippen LogP contribution < -0.4 is 0 Å². The molecule has 0 saturated carbocycles. The van der Waals surface area contributed by atoms with Crippen LogP contribution in [0.4, 0.5) is 0 Å². The van der Waals surface area contributed by atoms with Crippen LogP contribution in [-0.4, -0.2) is 16.9 Å². The van der Waals surface area contributed by atoms with Gasteiger partial charge in [-0.1, -0.05) is 28.1 Å². The van der Waals surface area contributed by atoms with Gasteiger partial charge in [0.05, 0.1) is 6.42 Å². The molecule has 86 valence electrons. The van der Waals surface area contributed by atoms with E-state index < -0.39 is 11.3 Å². The van der Waals surface area contributed by atoms with Gasteiger partial charge in [0.1, 0.15) is 5.38 Å². The number of carboxylic acids is 1. The summed E-state index contributed by atoms with van der Waals surface area (Å²) < 4.78 is 0.700. The number of Topliss-reactive ketones (excluding diaryl/α,β-unsaturated/α-hetero) is 1. The molecular weight excluding hydrogens is 295 g/mol. The van der Waals surface area contributed by atoms with Gasteiger partial charge in [-0.15, -0.1) is 11.6 Å². The van der Waals surface area contributed by atoms with E-state index in [2.05, 4.69) is 15.9 Å². The van der Waals surface area contributed by atoms with Crippen molar-refractivity contribution < 1.29 is 14.7 Å². The fraction of sp³-hybridized carbons (Fsp3) is 0.273. The number of alkyl halides is 1. The molecule has 5 heteroatoms. The van der Waals surface area contributed by atoms with Crippen molar-refractivity contribution in [3.63, 3.8) is 0 Å². The first kappa shape index (κ1) is 13.2. The van der Waals surface area contributed by atoms with E-state index in [1.807, 2.05) is 0 Å². The fourth-order valence-corrected chi connectivity index (χ4v) is 1.81. The Kier molecular flexibility index (Phi) is 4.50. The lowest BCUT2D eigenvalue weighted by molar-refractivity contribution is -0.136. The van der Waals surface area contributed by atoms with Crippen LogP contribution in [0.3, 0.4) is 0 Å². The van der Waals surface area contributed by atoms with Crippen LogP contribution in [0.25, 0.3) is 0 Å². The average Bonchev–Trinajstić information content (AvgIpc) is 2.19. The van der Waals surface area contributed by atoms with Crippen molar-refractivity contribution in [3.05, 3.63) is 33.8 Å². The van der Waals surface area contributed by atoms with Crippen LogP contribution in [0.1, 0.15) is 23.4 Å². The molecule has 1 N–H and O–H groups in total. The molecular formula is C11H10BrClO3. The van der Waals surface area contributed by atoms with Crippen molar-refractivity contribution >= 4 is 39.3 Å². The highest BCUT2D eigenvalue weighted by atomic mass is 79.9. The molecule has 0 aliphatic heterocycles. The molecule has 1 aromatic rings. The molecule has 0 saturated heterocycles. The zero-order chi connectivity index (χ0) is 12.3. The van der Waals surface area contributed by atoms with E-state index in [1.54, 1.807) is 18.2 Å². The third kappa shape index (κ3) is 3.32. The predicted octanol–water partition coefficient (Wildman–Crippen LogP) is 2.95. The van der Waals surface area contributed by atoms with E-state index in [1.165, 1.54) is 6.92 Å². The zero-order valence-corrected chi connectivity index (χ0v) is 10.9. The van der Waals surface area contributed by atoms with Gasteiger partial charge in [0.2, 0.25) is 0 Å². The number of hydrogen-bond acceptors (Lipinski definition) is 2. The van der Waals surface area contributed by atoms with E-state index in [0.717, 1.165) is 0 Å². The van der Waals surface area contributed by atoms with Gasteiger partial charge in [0, 0.05) is 4.47 Å². The van der Waals surface area contributed by atoms with E-state index in [4.69, 9.17) is 16.7 Å². The summed E-state index contributed by atoms with van der Waals surface area (Å²) in [6.07, 6.45) is -0.101. The van der Waals surface area contributed by atoms with Crippen LogP contribution >= 0.6 is 27.5 Å². The standard InChI is InChI=1S/C11H10BrClO3/c1-6(14)11(13)7-2-3-9(12)8(4-7)5-10(15)16/h2-4,11H,5H2,1H3,(H,15,16). The van der Waals surface area contributed by atoms with Crippen molar-refractivity contribution in [2.75, 3.05) is 0 Å². The Morgan fingerprint density at radius 3 is 2.62 bits per heavy atom. The lowest BCUT2D eigenvalue weighted by atomic mass is 10.0. The summed E-state index contributed by atoms with van der Waals surface area (Å²) in [4.78, 5) is 21.7. The molecule has 0 aromatic heterocycles. The first-order valence-electron chi connectivity index (χ1n) is 4.56. The van der Waals surface area contributed by atoms with Gasteiger partial charge in [-0.25, -0.2) is 0 Å². The number of aliphatic carboxylic acids is 1. The minimum Gasteiger partial charge on any atom is -0.481 e. The van der Waals surface area contributed by atoms with E-state index in [9.17, 15) is 9.59 Å². The molecule has 3 nitrogen and oxygen atoms in total. The molecule has 1 atom stereocenters. The second-order valence-corrected chi connectivity index (χ2v) is 4.69. The highest BCUT2D eigenvalue weighted by molar-refractivity contribution is 9.10. The maximum atomic E-state index is 11.1. The Bertz CT molecular complexity index is 431. The Morgan fingerprint density at radius 2 is 2.12 bits per heavy atom. The highest BCUT2D eigenvalue weighted by Crippen LogP contribution is 2.26. The minimum atomic E-state index is -0.924. The van der Waals surface area contributed by atoms with Gasteiger partial charge in [-0.2, -0.15) is 0 Å². The van der Waals surface area contributed by atoms with Gasteiger partial charge < -0.3 is 5.11 Å². The van der Waals surface area contributed by atoms with Crippen LogP contribution in [-0.2, 0) is 16.0 Å². The van der Waals surface area contributed by atoms with Crippen molar-refractivity contribution in [1.29, 1.82) is 0 Å². The topological polar surface area (TPSA) is 54.4 Å². The number of hydrogen-bond donors (Lipinski definition) is 1. The van der Waals surface area contributed by atoms with Crippen LogP contribution in [0.5, 0.6) is 0 Å². The number of rotatable bonds is 4. The Hall–Kier alpha value is -0.870. The van der Waals surface area contributed by atoms with Crippen molar-refractivity contribution in [1.82, 2.24) is 0 Å². The Labute approximate surface area is 107 Å². The van der Waals surface area contributed by atoms with Gasteiger partial charge in [0.25, 0.3) is 0 Å². The average molecular weight is 306 g/mol. The summed E-state index contributed by atoms with van der Waals surface area (Å²) in [5.41, 5.74) is 1.23. The molecule has 0 radical (unpaired) electrons. The van der Waals surface area contributed by atoms with Crippen LogP contribution in [0, 0.1) is 0 Å². The lowest BCUT2D eigenvalue weighted by Gasteiger charge is -2.09. The SMILES string of the molecule is CC(=O)C(Cl)c1ccc(Br)c(CC(=O)O)c1. The molecule has 0 amide bonds. The first-order valence-corrected chi connectivity index (χ1v) is 5.79. The van der Waals surface area contributed by atoms with Crippen molar-refractivity contribution in [3.8, 4) is 0 Å². The number of ketones is 1. The number of carboxylic acid groups (broad SMARTS) is 1. The maximum absolute atomic E-state index is 11.1. The van der Waals surface area contributed by atoms with Crippen molar-refractivity contribution in [2.45, 2.75) is 18.7 Å². The Balaban J connectivity index is 3.06. The van der Waals surface area contributed by atoms with E-state index in [0.29, 0.717) is 15.6 Å². The monoisotopic (exact) mass is 304 g/mol. The van der Waals surface area contributed by atoms with Crippen molar-refractivity contribution in [2.24, 2.45) is 0 Å². The second-order valence-electron chi connectivity index (χ2n) is 3.39. The number of carbonyl (C=O) groups excluding carboxylic acids is 1. The summed E-state index contributed by atoms with van der Waals surface area (Å²) in [5.74, 6) is -1.09. The van der Waals surface area contributed by atoms with Gasteiger partial charge in [0.15, 0.2) is 5.78 Å². The van der Waals surface area contributed by atoms with Crippen LogP contribution in [0.15, 0.2) is 22.7 Å². The number of carbonyl (C=O) groups is 2. The second kappa shape index (κ2) is 5.46. The predicted molar refractivity (Wildman–Crippen MR) is 64.8 cm³/mol. The minimum absolute atomic E-state index is 0.101. The smallest absolute Gasteiger partial charge is 0.307 e. The quantitative estimate of drug-likeness (QED) is 0.870. The molecule has 1 unspecified atom stereocenters. The molecule has 0 bridgehead atoms. The third-order valence-electron chi connectivity index (χ3n) is 2.06. The molecule has 0 spiro atoms. The molecule has 16 heavy (non-hydrogen) atoms. The number of benzene rings is 1. The first-order chi connectivity index (χ1) is 7.41. The third-order valence-corrected chi connectivity index (χ3v) is 3.39. The largest absolute Gasteiger partial charge is 0.481 e. The molecule has 1 rings (SSSR count). The molecule has 0 aliphatic rings. The number of halogens is 2. The zero-order valence-electron chi connectivity index (χ0n) is 8.54.